The van der Waals surface area contributed by atoms with E-state index in [4.69, 9.17) is 5.11 Å². The van der Waals surface area contributed by atoms with Crippen molar-refractivity contribution in [2.45, 2.75) is 52.1 Å². The van der Waals surface area contributed by atoms with E-state index in [1.807, 2.05) is 6.26 Å². The quantitative estimate of drug-likeness (QED) is 0.568. The van der Waals surface area contributed by atoms with E-state index in [0.717, 1.165) is 12.2 Å². The van der Waals surface area contributed by atoms with Gasteiger partial charge in [-0.25, -0.2) is 0 Å². The van der Waals surface area contributed by atoms with Crippen LogP contribution in [0.3, 0.4) is 0 Å². The summed E-state index contributed by atoms with van der Waals surface area (Å²) in [5.74, 6) is 0.863. The van der Waals surface area contributed by atoms with Crippen LogP contribution < -0.4 is 0 Å². The molecule has 0 aliphatic rings. The SMILES string of the molecule is CSCCCC(=O)CCCC(=O)C(O)C(C)(C)CO. The van der Waals surface area contributed by atoms with Gasteiger partial charge in [-0.1, -0.05) is 13.8 Å². The van der Waals surface area contributed by atoms with Crippen LogP contribution in [0.25, 0.3) is 0 Å². The predicted octanol–water partition coefficient (Wildman–Crippen LogP) is 1.82. The fourth-order valence-corrected chi connectivity index (χ4v) is 2.09. The van der Waals surface area contributed by atoms with Gasteiger partial charge in [-0.2, -0.15) is 11.8 Å². The molecule has 0 rings (SSSR count). The van der Waals surface area contributed by atoms with Crippen molar-refractivity contribution >= 4 is 23.3 Å². The van der Waals surface area contributed by atoms with Gasteiger partial charge in [-0.15, -0.1) is 0 Å². The minimum atomic E-state index is -1.16. The lowest BCUT2D eigenvalue weighted by atomic mass is 9.84. The van der Waals surface area contributed by atoms with Gasteiger partial charge in [0.1, 0.15) is 11.9 Å². The number of aliphatic hydroxyl groups is 2. The molecule has 0 amide bonds. The lowest BCUT2D eigenvalue weighted by molar-refractivity contribution is -0.135. The Morgan fingerprint density at radius 1 is 1.16 bits per heavy atom. The highest BCUT2D eigenvalue weighted by molar-refractivity contribution is 7.98. The third-order valence-electron chi connectivity index (χ3n) is 3.14. The first-order chi connectivity index (χ1) is 8.85. The lowest BCUT2D eigenvalue weighted by Crippen LogP contribution is -2.39. The number of thioether (sulfide) groups is 1. The van der Waals surface area contributed by atoms with Crippen molar-refractivity contribution in [1.82, 2.24) is 0 Å². The molecule has 0 bridgehead atoms. The molecule has 1 atom stereocenters. The average Bonchev–Trinajstić information content (AvgIpc) is 2.38. The van der Waals surface area contributed by atoms with Gasteiger partial charge in [0.15, 0.2) is 5.78 Å². The van der Waals surface area contributed by atoms with Crippen LogP contribution in [0.4, 0.5) is 0 Å². The predicted molar refractivity (Wildman–Crippen MR) is 78.4 cm³/mol. The van der Waals surface area contributed by atoms with Crippen molar-refractivity contribution in [3.63, 3.8) is 0 Å². The molecule has 5 heteroatoms. The van der Waals surface area contributed by atoms with Crippen molar-refractivity contribution in [3.8, 4) is 0 Å². The van der Waals surface area contributed by atoms with Gasteiger partial charge in [0.2, 0.25) is 0 Å². The smallest absolute Gasteiger partial charge is 0.161 e. The normalized spacial score (nSPS) is 13.3. The molecule has 1 unspecified atom stereocenters. The Hall–Kier alpha value is -0.390. The molecule has 0 aromatic heterocycles. The van der Waals surface area contributed by atoms with Crippen LogP contribution >= 0.6 is 11.8 Å². The van der Waals surface area contributed by atoms with Gasteiger partial charge < -0.3 is 10.2 Å². The van der Waals surface area contributed by atoms with Gasteiger partial charge in [-0.3, -0.25) is 9.59 Å². The summed E-state index contributed by atoms with van der Waals surface area (Å²) in [5.41, 5.74) is -0.820. The number of ketones is 2. The van der Waals surface area contributed by atoms with E-state index in [0.29, 0.717) is 19.3 Å². The highest BCUT2D eigenvalue weighted by Crippen LogP contribution is 2.21. The molecular weight excluding hydrogens is 264 g/mol. The van der Waals surface area contributed by atoms with Crippen LogP contribution in [0.15, 0.2) is 0 Å². The maximum absolute atomic E-state index is 11.7. The van der Waals surface area contributed by atoms with E-state index in [1.54, 1.807) is 25.6 Å². The number of aliphatic hydroxyl groups excluding tert-OH is 2. The molecular formula is C14H26O4S. The summed E-state index contributed by atoms with van der Waals surface area (Å²) < 4.78 is 0. The summed E-state index contributed by atoms with van der Waals surface area (Å²) in [4.78, 5) is 23.2. The molecule has 4 nitrogen and oxygen atoms in total. The summed E-state index contributed by atoms with van der Waals surface area (Å²) in [6, 6.07) is 0. The van der Waals surface area contributed by atoms with Gasteiger partial charge in [-0.05, 0) is 24.9 Å². The number of rotatable bonds is 11. The molecule has 0 aliphatic heterocycles. The van der Waals surface area contributed by atoms with Crippen molar-refractivity contribution in [3.05, 3.63) is 0 Å². The van der Waals surface area contributed by atoms with Gasteiger partial charge in [0.25, 0.3) is 0 Å². The number of hydrogen-bond donors (Lipinski definition) is 2. The summed E-state index contributed by atoms with van der Waals surface area (Å²) in [5, 5.41) is 18.9. The zero-order valence-corrected chi connectivity index (χ0v) is 13.0. The molecule has 0 aliphatic carbocycles. The van der Waals surface area contributed by atoms with E-state index in [-0.39, 0.29) is 24.6 Å². The van der Waals surface area contributed by atoms with Crippen LogP contribution in [-0.2, 0) is 9.59 Å². The summed E-state index contributed by atoms with van der Waals surface area (Å²) in [7, 11) is 0. The molecule has 19 heavy (non-hydrogen) atoms. The third-order valence-corrected chi connectivity index (χ3v) is 3.83. The topological polar surface area (TPSA) is 74.6 Å². The van der Waals surface area contributed by atoms with E-state index < -0.39 is 11.5 Å². The van der Waals surface area contributed by atoms with Gasteiger partial charge in [0, 0.05) is 24.7 Å². The maximum atomic E-state index is 11.7. The minimum Gasteiger partial charge on any atom is -0.396 e. The van der Waals surface area contributed by atoms with Crippen molar-refractivity contribution < 1.29 is 19.8 Å². The van der Waals surface area contributed by atoms with Crippen molar-refractivity contribution in [2.24, 2.45) is 5.41 Å². The molecule has 0 saturated heterocycles. The van der Waals surface area contributed by atoms with Crippen LogP contribution in [0.1, 0.15) is 46.0 Å². The first-order valence-electron chi connectivity index (χ1n) is 6.67. The molecule has 0 radical (unpaired) electrons. The molecule has 2 N–H and O–H groups in total. The number of Topliss-reactive ketones (excluding diaryl/α,β-unsaturated/α-hetero) is 2. The summed E-state index contributed by atoms with van der Waals surface area (Å²) >= 11 is 1.72. The Kier molecular flexibility index (Phi) is 9.31. The minimum absolute atomic E-state index is 0.178. The summed E-state index contributed by atoms with van der Waals surface area (Å²) in [6.45, 7) is 3.04. The number of carbonyl (C=O) groups excluding carboxylic acids is 2. The molecule has 0 spiro atoms. The molecule has 0 fully saturated rings. The van der Waals surface area contributed by atoms with E-state index in [2.05, 4.69) is 0 Å². The molecule has 112 valence electrons. The van der Waals surface area contributed by atoms with Gasteiger partial charge >= 0.3 is 0 Å². The average molecular weight is 290 g/mol. The summed E-state index contributed by atoms with van der Waals surface area (Å²) in [6.07, 6.45) is 3.37. The number of hydrogen-bond acceptors (Lipinski definition) is 5. The highest BCUT2D eigenvalue weighted by atomic mass is 32.2. The van der Waals surface area contributed by atoms with Crippen LogP contribution in [0.5, 0.6) is 0 Å². The second-order valence-electron chi connectivity index (χ2n) is 5.50. The second-order valence-corrected chi connectivity index (χ2v) is 6.49. The number of carbonyl (C=O) groups is 2. The van der Waals surface area contributed by atoms with E-state index in [1.165, 1.54) is 0 Å². The Bertz CT molecular complexity index is 289. The van der Waals surface area contributed by atoms with E-state index >= 15 is 0 Å². The van der Waals surface area contributed by atoms with Crippen molar-refractivity contribution in [2.75, 3.05) is 18.6 Å². The van der Waals surface area contributed by atoms with Crippen LogP contribution in [0.2, 0.25) is 0 Å². The lowest BCUT2D eigenvalue weighted by Gasteiger charge is -2.26. The Morgan fingerprint density at radius 2 is 1.74 bits per heavy atom. The second kappa shape index (κ2) is 9.50. The van der Waals surface area contributed by atoms with E-state index in [9.17, 15) is 14.7 Å². The molecule has 0 aromatic carbocycles. The first-order valence-corrected chi connectivity index (χ1v) is 8.07. The fraction of sp³-hybridized carbons (Fsp3) is 0.857. The van der Waals surface area contributed by atoms with Gasteiger partial charge in [0.05, 0.1) is 6.61 Å². The zero-order valence-electron chi connectivity index (χ0n) is 12.1. The third kappa shape index (κ3) is 7.70. The van der Waals surface area contributed by atoms with Crippen LogP contribution in [-0.4, -0.2) is 46.5 Å². The fourth-order valence-electron chi connectivity index (χ4n) is 1.66. The molecule has 0 aromatic rings. The maximum Gasteiger partial charge on any atom is 0.161 e. The Balaban J connectivity index is 3.88. The standard InChI is InChI=1S/C14H26O4S/c1-14(2,10-15)13(18)12(17)8-4-6-11(16)7-5-9-19-3/h13,15,18H,4-10H2,1-3H3. The monoisotopic (exact) mass is 290 g/mol. The molecule has 0 saturated carbocycles. The Morgan fingerprint density at radius 3 is 2.26 bits per heavy atom. The largest absolute Gasteiger partial charge is 0.396 e. The molecule has 0 heterocycles. The zero-order chi connectivity index (χ0) is 14.9. The van der Waals surface area contributed by atoms with Crippen LogP contribution in [0, 0.1) is 5.41 Å². The first kappa shape index (κ1) is 18.6. The Labute approximate surface area is 120 Å². The van der Waals surface area contributed by atoms with Crippen molar-refractivity contribution in [1.29, 1.82) is 0 Å². The highest BCUT2D eigenvalue weighted by Gasteiger charge is 2.32.